The molecule has 0 bridgehead atoms. The van der Waals surface area contributed by atoms with Gasteiger partial charge < -0.3 is 9.84 Å². The van der Waals surface area contributed by atoms with Gasteiger partial charge >= 0.3 is 5.97 Å². The van der Waals surface area contributed by atoms with E-state index in [0.29, 0.717) is 18.2 Å². The Morgan fingerprint density at radius 1 is 1.56 bits per heavy atom. The van der Waals surface area contributed by atoms with Gasteiger partial charge in [0, 0.05) is 5.02 Å². The third kappa shape index (κ3) is 3.68. The van der Waals surface area contributed by atoms with Crippen molar-refractivity contribution < 1.29 is 14.6 Å². The van der Waals surface area contributed by atoms with Crippen molar-refractivity contribution in [3.8, 4) is 0 Å². The molecular formula is C12H13ClO3. The van der Waals surface area contributed by atoms with Crippen molar-refractivity contribution in [2.24, 2.45) is 0 Å². The second-order valence-corrected chi connectivity index (χ2v) is 3.60. The molecule has 1 rings (SSSR count). The SMILES string of the molecule is C/C=C/COCc1ccc(C(=O)O)cc1Cl. The molecule has 0 aliphatic rings. The fourth-order valence-corrected chi connectivity index (χ4v) is 1.37. The Hall–Kier alpha value is -1.32. The number of carboxylic acids is 1. The molecule has 1 aromatic carbocycles. The van der Waals surface area contributed by atoms with Crippen LogP contribution >= 0.6 is 11.6 Å². The van der Waals surface area contributed by atoms with Crippen LogP contribution in [0.3, 0.4) is 0 Å². The van der Waals surface area contributed by atoms with E-state index in [1.165, 1.54) is 12.1 Å². The largest absolute Gasteiger partial charge is 0.478 e. The Labute approximate surface area is 99.3 Å². The summed E-state index contributed by atoms with van der Waals surface area (Å²) in [5, 5.41) is 9.16. The van der Waals surface area contributed by atoms with Crippen molar-refractivity contribution in [2.75, 3.05) is 6.61 Å². The number of rotatable bonds is 5. The van der Waals surface area contributed by atoms with Gasteiger partial charge in [-0.05, 0) is 24.6 Å². The number of hydrogen-bond donors (Lipinski definition) is 1. The van der Waals surface area contributed by atoms with Gasteiger partial charge in [0.1, 0.15) is 0 Å². The van der Waals surface area contributed by atoms with E-state index in [0.717, 1.165) is 5.56 Å². The summed E-state index contributed by atoms with van der Waals surface area (Å²) in [6, 6.07) is 4.61. The van der Waals surface area contributed by atoms with E-state index in [9.17, 15) is 4.79 Å². The maximum absolute atomic E-state index is 10.7. The van der Waals surface area contributed by atoms with E-state index >= 15 is 0 Å². The van der Waals surface area contributed by atoms with Gasteiger partial charge in [0.2, 0.25) is 0 Å². The van der Waals surface area contributed by atoms with Gasteiger partial charge in [0.25, 0.3) is 0 Å². The van der Waals surface area contributed by atoms with Gasteiger partial charge in [-0.15, -0.1) is 0 Å². The number of benzene rings is 1. The molecule has 1 N–H and O–H groups in total. The lowest BCUT2D eigenvalue weighted by Gasteiger charge is -2.05. The minimum atomic E-state index is -0.983. The van der Waals surface area contributed by atoms with Crippen molar-refractivity contribution >= 4 is 17.6 Å². The molecule has 0 aliphatic heterocycles. The number of aromatic carboxylic acids is 1. The molecule has 1 aromatic rings. The zero-order valence-corrected chi connectivity index (χ0v) is 9.70. The quantitative estimate of drug-likeness (QED) is 0.635. The highest BCUT2D eigenvalue weighted by atomic mass is 35.5. The molecule has 3 nitrogen and oxygen atoms in total. The second kappa shape index (κ2) is 6.30. The topological polar surface area (TPSA) is 46.5 Å². The van der Waals surface area contributed by atoms with Gasteiger partial charge in [-0.25, -0.2) is 4.79 Å². The molecule has 16 heavy (non-hydrogen) atoms. The molecule has 0 aliphatic carbocycles. The number of halogens is 1. The lowest BCUT2D eigenvalue weighted by Crippen LogP contribution is -1.99. The number of hydrogen-bond acceptors (Lipinski definition) is 2. The standard InChI is InChI=1S/C12H13ClO3/c1-2-3-6-16-8-10-5-4-9(12(14)15)7-11(10)13/h2-5,7H,6,8H2,1H3,(H,14,15)/b3-2+. The normalized spacial score (nSPS) is 10.9. The fourth-order valence-electron chi connectivity index (χ4n) is 1.13. The Balaban J connectivity index is 2.64. The molecule has 4 heteroatoms. The molecule has 0 amide bonds. The average molecular weight is 241 g/mol. The molecule has 0 fully saturated rings. The van der Waals surface area contributed by atoms with E-state index in [1.54, 1.807) is 6.07 Å². The Bertz CT molecular complexity index is 399. The van der Waals surface area contributed by atoms with Crippen LogP contribution in [-0.2, 0) is 11.3 Å². The Morgan fingerprint density at radius 2 is 2.31 bits per heavy atom. The molecule has 0 aromatic heterocycles. The summed E-state index contributed by atoms with van der Waals surface area (Å²) in [4.78, 5) is 10.7. The van der Waals surface area contributed by atoms with Crippen LogP contribution in [0, 0.1) is 0 Å². The summed E-state index contributed by atoms with van der Waals surface area (Å²) < 4.78 is 5.32. The zero-order valence-electron chi connectivity index (χ0n) is 8.94. The molecular weight excluding hydrogens is 228 g/mol. The van der Waals surface area contributed by atoms with E-state index in [4.69, 9.17) is 21.4 Å². The van der Waals surface area contributed by atoms with E-state index in [1.807, 2.05) is 19.1 Å². The van der Waals surface area contributed by atoms with Crippen LogP contribution < -0.4 is 0 Å². The van der Waals surface area contributed by atoms with Crippen LogP contribution in [0.2, 0.25) is 5.02 Å². The summed E-state index contributed by atoms with van der Waals surface area (Å²) in [5.41, 5.74) is 0.971. The molecule has 86 valence electrons. The second-order valence-electron chi connectivity index (χ2n) is 3.20. The summed E-state index contributed by atoms with van der Waals surface area (Å²) >= 11 is 5.92. The third-order valence-corrected chi connectivity index (χ3v) is 2.36. The summed E-state index contributed by atoms with van der Waals surface area (Å²) in [6.45, 7) is 2.81. The Morgan fingerprint density at radius 3 is 2.88 bits per heavy atom. The minimum Gasteiger partial charge on any atom is -0.478 e. The fraction of sp³-hybridized carbons (Fsp3) is 0.250. The van der Waals surface area contributed by atoms with Gasteiger partial charge in [0.05, 0.1) is 18.8 Å². The van der Waals surface area contributed by atoms with Crippen molar-refractivity contribution in [3.05, 3.63) is 46.5 Å². The van der Waals surface area contributed by atoms with Gasteiger partial charge in [-0.2, -0.15) is 0 Å². The first kappa shape index (κ1) is 12.7. The molecule has 0 heterocycles. The molecule has 0 saturated carbocycles. The first-order valence-electron chi connectivity index (χ1n) is 4.85. The summed E-state index contributed by atoms with van der Waals surface area (Å²) in [5.74, 6) is -0.983. The molecule has 0 saturated heterocycles. The first-order valence-corrected chi connectivity index (χ1v) is 5.23. The third-order valence-electron chi connectivity index (χ3n) is 2.01. The van der Waals surface area contributed by atoms with Crippen molar-refractivity contribution in [2.45, 2.75) is 13.5 Å². The van der Waals surface area contributed by atoms with Crippen molar-refractivity contribution in [1.82, 2.24) is 0 Å². The summed E-state index contributed by atoms with van der Waals surface area (Å²) in [7, 11) is 0. The van der Waals surface area contributed by atoms with Crippen LogP contribution in [-0.4, -0.2) is 17.7 Å². The zero-order chi connectivity index (χ0) is 12.0. The maximum atomic E-state index is 10.7. The van der Waals surface area contributed by atoms with Crippen molar-refractivity contribution in [3.63, 3.8) is 0 Å². The maximum Gasteiger partial charge on any atom is 0.335 e. The Kier molecular flexibility index (Phi) is 5.02. The lowest BCUT2D eigenvalue weighted by molar-refractivity contribution is 0.0696. The average Bonchev–Trinajstić information content (AvgIpc) is 2.26. The van der Waals surface area contributed by atoms with Crippen LogP contribution in [0.4, 0.5) is 0 Å². The van der Waals surface area contributed by atoms with E-state index in [2.05, 4.69) is 0 Å². The molecule has 0 unspecified atom stereocenters. The highest BCUT2D eigenvalue weighted by molar-refractivity contribution is 6.31. The van der Waals surface area contributed by atoms with Crippen molar-refractivity contribution in [1.29, 1.82) is 0 Å². The smallest absolute Gasteiger partial charge is 0.335 e. The van der Waals surface area contributed by atoms with Gasteiger partial charge in [0.15, 0.2) is 0 Å². The predicted molar refractivity (Wildman–Crippen MR) is 62.9 cm³/mol. The molecule has 0 spiro atoms. The highest BCUT2D eigenvalue weighted by Crippen LogP contribution is 2.18. The molecule has 0 radical (unpaired) electrons. The van der Waals surface area contributed by atoms with Gasteiger partial charge in [-0.1, -0.05) is 29.8 Å². The van der Waals surface area contributed by atoms with Crippen LogP contribution in [0.5, 0.6) is 0 Å². The number of allylic oxidation sites excluding steroid dienone is 1. The number of ether oxygens (including phenoxy) is 1. The molecule has 0 atom stereocenters. The van der Waals surface area contributed by atoms with E-state index in [-0.39, 0.29) is 5.56 Å². The monoisotopic (exact) mass is 240 g/mol. The van der Waals surface area contributed by atoms with Crippen LogP contribution in [0.25, 0.3) is 0 Å². The van der Waals surface area contributed by atoms with Crippen LogP contribution in [0.15, 0.2) is 30.4 Å². The van der Waals surface area contributed by atoms with Gasteiger partial charge in [-0.3, -0.25) is 0 Å². The van der Waals surface area contributed by atoms with E-state index < -0.39 is 5.97 Å². The predicted octanol–water partition coefficient (Wildman–Crippen LogP) is 3.13. The number of carbonyl (C=O) groups is 1. The number of carboxylic acid groups (broad SMARTS) is 1. The summed E-state index contributed by atoms with van der Waals surface area (Å²) in [6.07, 6.45) is 3.79. The highest BCUT2D eigenvalue weighted by Gasteiger charge is 2.06. The lowest BCUT2D eigenvalue weighted by atomic mass is 10.1. The minimum absolute atomic E-state index is 0.183. The van der Waals surface area contributed by atoms with Crippen LogP contribution in [0.1, 0.15) is 22.8 Å². The first-order chi connectivity index (χ1) is 7.65.